The molecule has 0 aromatic rings. The van der Waals surface area contributed by atoms with Crippen molar-refractivity contribution in [2.45, 2.75) is 5.38 Å². The summed E-state index contributed by atoms with van der Waals surface area (Å²) in [5.41, 5.74) is 0. The molecule has 1 rings (SSSR count). The van der Waals surface area contributed by atoms with Crippen molar-refractivity contribution in [3.8, 4) is 0 Å². The van der Waals surface area contributed by atoms with E-state index in [2.05, 4.69) is 0 Å². The van der Waals surface area contributed by atoms with Crippen LogP contribution in [0.2, 0.25) is 0 Å². The smallest absolute Gasteiger partial charge is 0.108 e. The number of hydrogen-bond donors (Lipinski definition) is 0. The van der Waals surface area contributed by atoms with E-state index in [0.29, 0.717) is 10.1 Å². The molecule has 0 saturated heterocycles. The minimum atomic E-state index is -0.566. The molecular formula is C8H10Cl5Pt-3. The third-order valence-corrected chi connectivity index (χ3v) is 3.61. The molecule has 0 bridgehead atoms. The van der Waals surface area contributed by atoms with Crippen LogP contribution in [0.5, 0.6) is 0 Å². The summed E-state index contributed by atoms with van der Waals surface area (Å²) >= 11 is 28.1. The number of rotatable bonds is 0. The Hall–Kier alpha value is 1.62. The maximum absolute atomic E-state index is 5.65. The van der Waals surface area contributed by atoms with Gasteiger partial charge in [0, 0.05) is 21.1 Å². The average Bonchev–Trinajstić information content (AvgIpc) is 2.07. The van der Waals surface area contributed by atoms with Crippen LogP contribution in [-0.2, 0) is 21.1 Å². The first-order valence-corrected chi connectivity index (χ1v) is 4.25. The Morgan fingerprint density at radius 2 is 0.929 bits per heavy atom. The van der Waals surface area contributed by atoms with Gasteiger partial charge in [0.15, 0.2) is 0 Å². The summed E-state index contributed by atoms with van der Waals surface area (Å²) in [6, 6.07) is 0. The third kappa shape index (κ3) is 4.64. The molecule has 14 heavy (non-hydrogen) atoms. The van der Waals surface area contributed by atoms with Gasteiger partial charge in [0.1, 0.15) is 5.38 Å². The van der Waals surface area contributed by atoms with E-state index in [9.17, 15) is 0 Å². The number of halogens is 5. The Bertz CT molecular complexity index is 210. The Morgan fingerprint density at radius 3 is 1.00 bits per heavy atom. The predicted molar refractivity (Wildman–Crippen MR) is 66.3 cm³/mol. The Labute approximate surface area is 126 Å². The van der Waals surface area contributed by atoms with Crippen LogP contribution >= 0.6 is 58.0 Å². The topological polar surface area (TPSA) is 0 Å². The molecule has 0 spiro atoms. The van der Waals surface area contributed by atoms with Crippen LogP contribution < -0.4 is 0 Å². The molecule has 1 aliphatic carbocycles. The Balaban J connectivity index is -0.000000125. The summed E-state index contributed by atoms with van der Waals surface area (Å²) in [4.78, 5) is 0. The van der Waals surface area contributed by atoms with Crippen molar-refractivity contribution in [3.63, 3.8) is 0 Å². The van der Waals surface area contributed by atoms with E-state index >= 15 is 0 Å². The molecule has 0 nitrogen and oxygen atoms in total. The third-order valence-electron chi connectivity index (χ3n) is 1.06. The molecule has 0 aliphatic heterocycles. The SMILES string of the molecule is ClC1=C(Cl)C(Cl)C(Cl)=C1Cl.[CH3-].[CH3-].[CH3-].[Pt]. The van der Waals surface area contributed by atoms with E-state index in [1.165, 1.54) is 0 Å². The van der Waals surface area contributed by atoms with Crippen LogP contribution in [0.25, 0.3) is 0 Å². The zero-order valence-corrected chi connectivity index (χ0v) is 13.8. The number of alkyl halides is 1. The number of allylic oxidation sites excluding steroid dienone is 4. The maximum atomic E-state index is 5.65. The molecule has 0 aromatic heterocycles. The summed E-state index contributed by atoms with van der Waals surface area (Å²) in [5.74, 6) is 0. The van der Waals surface area contributed by atoms with Crippen molar-refractivity contribution >= 4 is 58.0 Å². The normalized spacial score (nSPS) is 15.2. The summed E-state index contributed by atoms with van der Waals surface area (Å²) in [7, 11) is 0. The molecule has 6 heteroatoms. The van der Waals surface area contributed by atoms with Crippen LogP contribution in [0, 0.1) is 22.3 Å². The van der Waals surface area contributed by atoms with Crippen molar-refractivity contribution < 1.29 is 21.1 Å². The second kappa shape index (κ2) is 9.82. The van der Waals surface area contributed by atoms with E-state index in [1.54, 1.807) is 0 Å². The molecule has 0 unspecified atom stereocenters. The standard InChI is InChI=1S/C5HCl5.3CH3.Pt/c6-1-2(7)4(9)5(10)3(1)8;;;;/h1H;3*1H3;/q;3*-1;. The van der Waals surface area contributed by atoms with Gasteiger partial charge in [-0.3, -0.25) is 0 Å². The van der Waals surface area contributed by atoms with Crippen LogP contribution in [0.1, 0.15) is 0 Å². The van der Waals surface area contributed by atoms with E-state index < -0.39 is 5.38 Å². The first-order valence-electron chi connectivity index (χ1n) is 2.30. The zero-order valence-electron chi connectivity index (χ0n) is 7.78. The van der Waals surface area contributed by atoms with Crippen molar-refractivity contribution in [3.05, 3.63) is 42.4 Å². The quantitative estimate of drug-likeness (QED) is 0.326. The van der Waals surface area contributed by atoms with Gasteiger partial charge in [0.05, 0.1) is 20.1 Å². The zero-order chi connectivity index (χ0) is 7.89. The molecule has 0 fully saturated rings. The molecule has 0 aromatic carbocycles. The fraction of sp³-hybridized carbons (Fsp3) is 0.125. The van der Waals surface area contributed by atoms with E-state index in [1.807, 2.05) is 0 Å². The van der Waals surface area contributed by atoms with Gasteiger partial charge in [-0.25, -0.2) is 0 Å². The van der Waals surface area contributed by atoms with Crippen molar-refractivity contribution in [1.29, 1.82) is 0 Å². The van der Waals surface area contributed by atoms with Gasteiger partial charge in [-0.2, -0.15) is 0 Å². The second-order valence-electron chi connectivity index (χ2n) is 1.69. The number of hydrogen-bond acceptors (Lipinski definition) is 0. The molecular weight excluding hydrogens is 468 g/mol. The van der Waals surface area contributed by atoms with Gasteiger partial charge in [-0.1, -0.05) is 46.4 Å². The van der Waals surface area contributed by atoms with Crippen LogP contribution in [-0.4, -0.2) is 5.38 Å². The minimum absolute atomic E-state index is 0. The largest absolute Gasteiger partial charge is 0.358 e. The van der Waals surface area contributed by atoms with E-state index in [-0.39, 0.29) is 53.4 Å². The molecule has 0 saturated carbocycles. The van der Waals surface area contributed by atoms with Crippen molar-refractivity contribution in [2.24, 2.45) is 0 Å². The Kier molecular flexibility index (Phi) is 17.3. The van der Waals surface area contributed by atoms with Crippen LogP contribution in [0.15, 0.2) is 20.1 Å². The van der Waals surface area contributed by atoms with Crippen molar-refractivity contribution in [2.75, 3.05) is 0 Å². The van der Waals surface area contributed by atoms with Crippen molar-refractivity contribution in [1.82, 2.24) is 0 Å². The van der Waals surface area contributed by atoms with Gasteiger partial charge in [-0.15, -0.1) is 11.6 Å². The molecule has 90 valence electrons. The molecule has 0 heterocycles. The maximum Gasteiger partial charge on any atom is 0.108 e. The van der Waals surface area contributed by atoms with Gasteiger partial charge in [0.2, 0.25) is 0 Å². The summed E-state index contributed by atoms with van der Waals surface area (Å²) in [5, 5.41) is 0.502. The fourth-order valence-electron chi connectivity index (χ4n) is 0.543. The predicted octanol–water partition coefficient (Wildman–Crippen LogP) is 5.33. The first-order chi connectivity index (χ1) is 4.55. The molecule has 1 aliphatic rings. The second-order valence-corrected chi connectivity index (χ2v) is 3.69. The molecule has 0 radical (unpaired) electrons. The summed E-state index contributed by atoms with van der Waals surface area (Å²) < 4.78 is 0. The summed E-state index contributed by atoms with van der Waals surface area (Å²) in [6.07, 6.45) is 0. The average molecular weight is 479 g/mol. The van der Waals surface area contributed by atoms with Gasteiger partial charge in [0.25, 0.3) is 0 Å². The van der Waals surface area contributed by atoms with Crippen LogP contribution in [0.4, 0.5) is 0 Å². The Morgan fingerprint density at radius 1 is 0.714 bits per heavy atom. The first kappa shape index (κ1) is 24.7. The van der Waals surface area contributed by atoms with E-state index in [0.717, 1.165) is 0 Å². The van der Waals surface area contributed by atoms with Gasteiger partial charge in [-0.05, 0) is 0 Å². The molecule has 0 atom stereocenters. The fourth-order valence-corrected chi connectivity index (χ4v) is 1.85. The van der Waals surface area contributed by atoms with E-state index in [4.69, 9.17) is 58.0 Å². The molecule has 0 N–H and O–H groups in total. The summed E-state index contributed by atoms with van der Waals surface area (Å²) in [6.45, 7) is 0. The van der Waals surface area contributed by atoms with Gasteiger partial charge >= 0.3 is 0 Å². The minimum Gasteiger partial charge on any atom is -0.358 e. The monoisotopic (exact) mass is 476 g/mol. The van der Waals surface area contributed by atoms with Crippen LogP contribution in [0.3, 0.4) is 0 Å². The van der Waals surface area contributed by atoms with Gasteiger partial charge < -0.3 is 22.3 Å². The molecule has 0 amide bonds.